The third kappa shape index (κ3) is 5.50. The molecule has 86 valence electrons. The molecular weight excluding hydrogens is 204 g/mol. The normalized spacial score (nSPS) is 9.20. The fourth-order valence-corrected chi connectivity index (χ4v) is 0.822. The fraction of sp³-hybridized carbons (Fsp3) is 0.625. The lowest BCUT2D eigenvalue weighted by Gasteiger charge is -2.18. The van der Waals surface area contributed by atoms with Crippen LogP contribution >= 0.6 is 0 Å². The Kier molecular flexibility index (Phi) is 5.84. The summed E-state index contributed by atoms with van der Waals surface area (Å²) in [6, 6.07) is -0.606. The SMILES string of the molecule is CCN(CC(=O)O)C(=O)NCC(=O)OC. The number of nitrogens with zero attached hydrogens (tertiary/aromatic N) is 1. The van der Waals surface area contributed by atoms with Gasteiger partial charge in [0, 0.05) is 6.54 Å². The highest BCUT2D eigenvalue weighted by Gasteiger charge is 2.15. The van der Waals surface area contributed by atoms with E-state index in [-0.39, 0.29) is 13.1 Å². The predicted molar refractivity (Wildman–Crippen MR) is 50.3 cm³/mol. The number of carbonyl (C=O) groups is 3. The Morgan fingerprint density at radius 2 is 2.00 bits per heavy atom. The Morgan fingerprint density at radius 1 is 1.40 bits per heavy atom. The number of likely N-dealkylation sites (N-methyl/N-ethyl adjacent to an activating group) is 1. The van der Waals surface area contributed by atoms with E-state index in [0.29, 0.717) is 0 Å². The monoisotopic (exact) mass is 218 g/mol. The quantitative estimate of drug-likeness (QED) is 0.593. The van der Waals surface area contributed by atoms with Crippen LogP contribution in [-0.4, -0.2) is 54.7 Å². The van der Waals surface area contributed by atoms with E-state index >= 15 is 0 Å². The van der Waals surface area contributed by atoms with Crippen molar-refractivity contribution < 1.29 is 24.2 Å². The van der Waals surface area contributed by atoms with Crippen LogP contribution in [0.3, 0.4) is 0 Å². The zero-order valence-corrected chi connectivity index (χ0v) is 8.65. The summed E-state index contributed by atoms with van der Waals surface area (Å²) in [5, 5.41) is 10.7. The van der Waals surface area contributed by atoms with E-state index < -0.39 is 24.5 Å². The van der Waals surface area contributed by atoms with Crippen LogP contribution in [0, 0.1) is 0 Å². The van der Waals surface area contributed by atoms with E-state index in [1.54, 1.807) is 6.92 Å². The molecule has 0 spiro atoms. The second kappa shape index (κ2) is 6.63. The van der Waals surface area contributed by atoms with Gasteiger partial charge in [-0.1, -0.05) is 0 Å². The molecule has 0 fully saturated rings. The molecule has 0 rings (SSSR count). The Bertz CT molecular complexity index is 253. The summed E-state index contributed by atoms with van der Waals surface area (Å²) >= 11 is 0. The van der Waals surface area contributed by atoms with Gasteiger partial charge >= 0.3 is 18.0 Å². The summed E-state index contributed by atoms with van der Waals surface area (Å²) in [7, 11) is 1.20. The summed E-state index contributed by atoms with van der Waals surface area (Å²) in [6.07, 6.45) is 0. The molecule has 0 unspecified atom stereocenters. The molecule has 0 aromatic rings. The predicted octanol–water partition coefficient (Wildman–Crippen LogP) is -0.724. The number of carbonyl (C=O) groups excluding carboxylic acids is 2. The maximum absolute atomic E-state index is 11.3. The van der Waals surface area contributed by atoms with E-state index in [1.807, 2.05) is 0 Å². The first-order valence-corrected chi connectivity index (χ1v) is 4.32. The van der Waals surface area contributed by atoms with Gasteiger partial charge in [-0.25, -0.2) is 4.79 Å². The van der Waals surface area contributed by atoms with Crippen molar-refractivity contribution in [3.63, 3.8) is 0 Å². The van der Waals surface area contributed by atoms with Crippen molar-refractivity contribution in [1.29, 1.82) is 0 Å². The molecule has 0 saturated heterocycles. The third-order valence-corrected chi connectivity index (χ3v) is 1.61. The van der Waals surface area contributed by atoms with Crippen molar-refractivity contribution in [3.8, 4) is 0 Å². The van der Waals surface area contributed by atoms with Crippen LogP contribution in [0.5, 0.6) is 0 Å². The summed E-state index contributed by atoms with van der Waals surface area (Å²) < 4.78 is 4.31. The third-order valence-electron chi connectivity index (χ3n) is 1.61. The molecule has 2 amide bonds. The van der Waals surface area contributed by atoms with Crippen LogP contribution in [0.15, 0.2) is 0 Å². The van der Waals surface area contributed by atoms with Crippen molar-refractivity contribution in [1.82, 2.24) is 10.2 Å². The van der Waals surface area contributed by atoms with Crippen LogP contribution in [0.1, 0.15) is 6.92 Å². The van der Waals surface area contributed by atoms with E-state index in [1.165, 1.54) is 7.11 Å². The molecular formula is C8H14N2O5. The largest absolute Gasteiger partial charge is 0.480 e. The molecule has 0 bridgehead atoms. The highest BCUT2D eigenvalue weighted by Crippen LogP contribution is 1.88. The van der Waals surface area contributed by atoms with Gasteiger partial charge in [0.15, 0.2) is 0 Å². The first-order valence-electron chi connectivity index (χ1n) is 4.32. The van der Waals surface area contributed by atoms with E-state index in [0.717, 1.165) is 4.90 Å². The smallest absolute Gasteiger partial charge is 0.325 e. The summed E-state index contributed by atoms with van der Waals surface area (Å²) in [4.78, 5) is 33.4. The molecule has 2 N–H and O–H groups in total. The average Bonchev–Trinajstić information content (AvgIpc) is 2.21. The summed E-state index contributed by atoms with van der Waals surface area (Å²) in [5.41, 5.74) is 0. The topological polar surface area (TPSA) is 95.9 Å². The number of urea groups is 1. The fourth-order valence-electron chi connectivity index (χ4n) is 0.822. The molecule has 0 radical (unpaired) electrons. The van der Waals surface area contributed by atoms with Gasteiger partial charge in [-0.3, -0.25) is 9.59 Å². The van der Waals surface area contributed by atoms with Crippen molar-refractivity contribution in [2.75, 3.05) is 26.7 Å². The molecule has 0 aliphatic rings. The minimum Gasteiger partial charge on any atom is -0.480 e. The van der Waals surface area contributed by atoms with E-state index in [9.17, 15) is 14.4 Å². The first kappa shape index (κ1) is 13.2. The van der Waals surface area contributed by atoms with Gasteiger partial charge in [0.1, 0.15) is 13.1 Å². The second-order valence-corrected chi connectivity index (χ2v) is 2.64. The number of amides is 2. The van der Waals surface area contributed by atoms with E-state index in [4.69, 9.17) is 5.11 Å². The zero-order valence-electron chi connectivity index (χ0n) is 8.65. The Hall–Kier alpha value is -1.79. The lowest BCUT2D eigenvalue weighted by atomic mass is 10.5. The van der Waals surface area contributed by atoms with Crippen LogP contribution in [0.25, 0.3) is 0 Å². The number of nitrogens with one attached hydrogen (secondary N) is 1. The van der Waals surface area contributed by atoms with Gasteiger partial charge < -0.3 is 20.1 Å². The maximum atomic E-state index is 11.3. The number of carboxylic acids is 1. The molecule has 0 saturated carbocycles. The standard InChI is InChI=1S/C8H14N2O5/c1-3-10(5-6(11)12)8(14)9-4-7(13)15-2/h3-5H2,1-2H3,(H,9,14)(H,11,12). The minimum atomic E-state index is -1.11. The minimum absolute atomic E-state index is 0.249. The van der Waals surface area contributed by atoms with Gasteiger partial charge in [0.05, 0.1) is 7.11 Å². The maximum Gasteiger partial charge on any atom is 0.325 e. The van der Waals surface area contributed by atoms with Gasteiger partial charge in [-0.15, -0.1) is 0 Å². The lowest BCUT2D eigenvalue weighted by molar-refractivity contribution is -0.139. The van der Waals surface area contributed by atoms with Gasteiger partial charge in [-0.05, 0) is 6.92 Å². The van der Waals surface area contributed by atoms with Crippen LogP contribution < -0.4 is 5.32 Å². The molecule has 0 atom stereocenters. The van der Waals surface area contributed by atoms with Crippen LogP contribution in [0.2, 0.25) is 0 Å². The Morgan fingerprint density at radius 3 is 2.40 bits per heavy atom. The highest BCUT2D eigenvalue weighted by molar-refractivity contribution is 5.83. The molecule has 0 aromatic carbocycles. The van der Waals surface area contributed by atoms with E-state index in [2.05, 4.69) is 10.1 Å². The number of hydrogen-bond acceptors (Lipinski definition) is 4. The number of hydrogen-bond donors (Lipinski definition) is 2. The van der Waals surface area contributed by atoms with Crippen molar-refractivity contribution in [2.45, 2.75) is 6.92 Å². The number of esters is 1. The highest BCUT2D eigenvalue weighted by atomic mass is 16.5. The van der Waals surface area contributed by atoms with Crippen molar-refractivity contribution in [3.05, 3.63) is 0 Å². The number of methoxy groups -OCH3 is 1. The van der Waals surface area contributed by atoms with Crippen molar-refractivity contribution in [2.24, 2.45) is 0 Å². The first-order chi connectivity index (χ1) is 7.01. The van der Waals surface area contributed by atoms with Crippen LogP contribution in [0.4, 0.5) is 4.79 Å². The molecule has 0 aromatic heterocycles. The molecule has 7 heteroatoms. The number of aliphatic carboxylic acids is 1. The second-order valence-electron chi connectivity index (χ2n) is 2.64. The molecule has 15 heavy (non-hydrogen) atoms. The van der Waals surface area contributed by atoms with Crippen molar-refractivity contribution >= 4 is 18.0 Å². The molecule has 7 nitrogen and oxygen atoms in total. The number of carboxylic acid groups (broad SMARTS) is 1. The number of ether oxygens (including phenoxy) is 1. The van der Waals surface area contributed by atoms with Gasteiger partial charge in [0.25, 0.3) is 0 Å². The number of rotatable bonds is 5. The van der Waals surface area contributed by atoms with Crippen LogP contribution in [-0.2, 0) is 14.3 Å². The summed E-state index contributed by atoms with van der Waals surface area (Å²) in [5.74, 6) is -1.69. The molecule has 0 aliphatic heterocycles. The average molecular weight is 218 g/mol. The van der Waals surface area contributed by atoms with Gasteiger partial charge in [0.2, 0.25) is 0 Å². The Balaban J connectivity index is 4.04. The lowest BCUT2D eigenvalue weighted by Crippen LogP contribution is -2.44. The molecule has 0 aliphatic carbocycles. The zero-order chi connectivity index (χ0) is 11.8. The molecule has 0 heterocycles. The van der Waals surface area contributed by atoms with Gasteiger partial charge in [-0.2, -0.15) is 0 Å². The Labute approximate surface area is 87.0 Å². The summed E-state index contributed by atoms with van der Waals surface area (Å²) in [6.45, 7) is 1.22.